The zero-order valence-electron chi connectivity index (χ0n) is 11.3. The molecule has 2 rings (SSSR count). The maximum Gasteiger partial charge on any atom is 0.324 e. The Morgan fingerprint density at radius 1 is 1.40 bits per heavy atom. The molecule has 6 nitrogen and oxygen atoms in total. The van der Waals surface area contributed by atoms with Crippen LogP contribution in [0, 0.1) is 11.5 Å². The lowest BCUT2D eigenvalue weighted by atomic mass is 10.2. The fraction of sp³-hybridized carbons (Fsp3) is 0.308. The van der Waals surface area contributed by atoms with Gasteiger partial charge in [-0.2, -0.15) is 5.26 Å². The number of nitriles is 1. The van der Waals surface area contributed by atoms with Crippen molar-refractivity contribution in [3.8, 4) is 6.19 Å². The number of thioether (sulfide) groups is 1. The van der Waals surface area contributed by atoms with Crippen LogP contribution < -0.4 is 10.2 Å². The molecule has 0 aliphatic carbocycles. The Morgan fingerprint density at radius 3 is 2.60 bits per heavy atom. The molecule has 0 radical (unpaired) electrons. The highest BCUT2D eigenvalue weighted by molar-refractivity contribution is 8.13. The third kappa shape index (κ3) is 3.03. The van der Waals surface area contributed by atoms with Crippen molar-refractivity contribution in [1.82, 2.24) is 10.2 Å². The Morgan fingerprint density at radius 2 is 2.10 bits per heavy atom. The van der Waals surface area contributed by atoms with Crippen LogP contribution in [0.3, 0.4) is 0 Å². The first kappa shape index (κ1) is 14.2. The third-order valence-electron chi connectivity index (χ3n) is 2.96. The first-order valence-corrected chi connectivity index (χ1v) is 7.28. The van der Waals surface area contributed by atoms with E-state index in [2.05, 4.69) is 10.3 Å². The van der Waals surface area contributed by atoms with Gasteiger partial charge in [-0.3, -0.25) is 10.2 Å². The van der Waals surface area contributed by atoms with E-state index in [9.17, 15) is 4.79 Å². The predicted molar refractivity (Wildman–Crippen MR) is 81.2 cm³/mol. The number of nitrogens with zero attached hydrogens (tertiary/aromatic N) is 4. The van der Waals surface area contributed by atoms with Gasteiger partial charge >= 0.3 is 6.03 Å². The summed E-state index contributed by atoms with van der Waals surface area (Å²) in [7, 11) is 1.79. The van der Waals surface area contributed by atoms with Gasteiger partial charge in [0.15, 0.2) is 11.4 Å². The van der Waals surface area contributed by atoms with Crippen LogP contribution >= 0.6 is 11.8 Å². The normalized spacial score (nSPS) is 15.4. The summed E-state index contributed by atoms with van der Waals surface area (Å²) in [5, 5.41) is 11.6. The van der Waals surface area contributed by atoms with Crippen LogP contribution in [0.4, 0.5) is 16.2 Å². The number of aliphatic imine (C=N–C) groups is 1. The van der Waals surface area contributed by atoms with Crippen molar-refractivity contribution >= 4 is 34.3 Å². The van der Waals surface area contributed by atoms with Gasteiger partial charge in [-0.05, 0) is 30.5 Å². The Kier molecular flexibility index (Phi) is 4.48. The number of amidine groups is 1. The van der Waals surface area contributed by atoms with E-state index in [1.807, 2.05) is 36.7 Å². The van der Waals surface area contributed by atoms with E-state index in [1.54, 1.807) is 16.8 Å². The van der Waals surface area contributed by atoms with Crippen molar-refractivity contribution in [2.45, 2.75) is 0 Å². The molecular weight excluding hydrogens is 274 g/mol. The summed E-state index contributed by atoms with van der Waals surface area (Å²) in [5.41, 5.74) is 1.60. The van der Waals surface area contributed by atoms with E-state index in [-0.39, 0.29) is 6.03 Å². The van der Waals surface area contributed by atoms with Crippen molar-refractivity contribution in [2.75, 3.05) is 31.3 Å². The fourth-order valence-electron chi connectivity index (χ4n) is 1.88. The van der Waals surface area contributed by atoms with E-state index < -0.39 is 0 Å². The lowest BCUT2D eigenvalue weighted by Crippen LogP contribution is -2.28. The van der Waals surface area contributed by atoms with Crippen molar-refractivity contribution in [1.29, 1.82) is 5.26 Å². The molecule has 1 aromatic rings. The summed E-state index contributed by atoms with van der Waals surface area (Å²) in [4.78, 5) is 19.6. The van der Waals surface area contributed by atoms with E-state index in [1.165, 1.54) is 11.8 Å². The monoisotopic (exact) mass is 289 g/mol. The summed E-state index contributed by atoms with van der Waals surface area (Å²) >= 11 is 1.36. The fourth-order valence-corrected chi connectivity index (χ4v) is 2.23. The molecular formula is C13H15N5OS. The number of carbonyl (C=O) groups excluding carboxylic acids is 1. The maximum absolute atomic E-state index is 11.9. The molecule has 0 unspecified atom stereocenters. The molecule has 1 aliphatic rings. The molecule has 1 N–H and O–H groups in total. The topological polar surface area (TPSA) is 71.7 Å². The van der Waals surface area contributed by atoms with Gasteiger partial charge in [0.05, 0.1) is 5.69 Å². The quantitative estimate of drug-likeness (QED) is 0.391. The Labute approximate surface area is 122 Å². The van der Waals surface area contributed by atoms with Gasteiger partial charge in [0.25, 0.3) is 0 Å². The largest absolute Gasteiger partial charge is 0.326 e. The molecule has 0 spiro atoms. The van der Waals surface area contributed by atoms with Crippen LogP contribution in [-0.2, 0) is 0 Å². The molecule has 7 heteroatoms. The minimum absolute atomic E-state index is 0.0113. The summed E-state index contributed by atoms with van der Waals surface area (Å²) in [6.45, 7) is 1.44. The number of hydrogen-bond donors (Lipinski definition) is 1. The van der Waals surface area contributed by atoms with E-state index >= 15 is 0 Å². The second-order valence-electron chi connectivity index (χ2n) is 4.23. The van der Waals surface area contributed by atoms with Crippen LogP contribution in [0.2, 0.25) is 0 Å². The first-order chi connectivity index (χ1) is 9.65. The summed E-state index contributed by atoms with van der Waals surface area (Å²) in [6.07, 6.45) is 3.69. The molecule has 104 valence electrons. The number of urea groups is 1. The number of nitrogens with one attached hydrogen (secondary N) is 1. The molecule has 0 bridgehead atoms. The van der Waals surface area contributed by atoms with Crippen molar-refractivity contribution in [3.05, 3.63) is 24.3 Å². The van der Waals surface area contributed by atoms with Gasteiger partial charge in [-0.25, -0.2) is 9.79 Å². The van der Waals surface area contributed by atoms with E-state index in [0.717, 1.165) is 17.9 Å². The van der Waals surface area contributed by atoms with Crippen LogP contribution in [0.25, 0.3) is 0 Å². The van der Waals surface area contributed by atoms with E-state index in [4.69, 9.17) is 5.26 Å². The van der Waals surface area contributed by atoms with Crippen LogP contribution in [0.5, 0.6) is 0 Å². The number of anilines is 1. The highest BCUT2D eigenvalue weighted by atomic mass is 32.2. The molecule has 1 fully saturated rings. The van der Waals surface area contributed by atoms with Gasteiger partial charge < -0.3 is 4.90 Å². The molecule has 1 heterocycles. The highest BCUT2D eigenvalue weighted by Gasteiger charge is 2.26. The van der Waals surface area contributed by atoms with Crippen LogP contribution in [0.1, 0.15) is 0 Å². The average Bonchev–Trinajstić information content (AvgIpc) is 2.79. The third-order valence-corrected chi connectivity index (χ3v) is 3.54. The number of carbonyl (C=O) groups is 1. The van der Waals surface area contributed by atoms with Gasteiger partial charge in [0.1, 0.15) is 0 Å². The number of amides is 2. The van der Waals surface area contributed by atoms with Crippen molar-refractivity contribution in [2.24, 2.45) is 4.99 Å². The smallest absolute Gasteiger partial charge is 0.324 e. The average molecular weight is 289 g/mol. The number of likely N-dealkylation sites (N-methyl/N-ethyl adjacent to an activating group) is 1. The summed E-state index contributed by atoms with van der Waals surface area (Å²) in [5.74, 6) is 0. The predicted octanol–water partition coefficient (Wildman–Crippen LogP) is 1.98. The minimum atomic E-state index is 0.0113. The Bertz CT molecular complexity index is 563. The summed E-state index contributed by atoms with van der Waals surface area (Å²) < 4.78 is 0. The van der Waals surface area contributed by atoms with Gasteiger partial charge in [-0.1, -0.05) is 11.8 Å². The zero-order valence-corrected chi connectivity index (χ0v) is 12.1. The zero-order chi connectivity index (χ0) is 14.5. The van der Waals surface area contributed by atoms with Crippen LogP contribution in [0.15, 0.2) is 29.3 Å². The molecule has 20 heavy (non-hydrogen) atoms. The van der Waals surface area contributed by atoms with Gasteiger partial charge in [-0.15, -0.1) is 0 Å². The highest BCUT2D eigenvalue weighted by Crippen LogP contribution is 2.23. The van der Waals surface area contributed by atoms with Gasteiger partial charge in [0.2, 0.25) is 0 Å². The lowest BCUT2D eigenvalue weighted by Gasteiger charge is -2.15. The second-order valence-corrected chi connectivity index (χ2v) is 5.02. The molecule has 1 saturated heterocycles. The van der Waals surface area contributed by atoms with Crippen molar-refractivity contribution < 1.29 is 4.79 Å². The Hall–Kier alpha value is -2.20. The molecule has 2 amide bonds. The van der Waals surface area contributed by atoms with Crippen LogP contribution in [-0.4, -0.2) is 42.5 Å². The number of rotatable bonds is 2. The second kappa shape index (κ2) is 6.30. The SMILES string of the molecule is CSC(=Nc1ccc(N2CCN(C)C2=O)cc1)NC#N. The van der Waals surface area contributed by atoms with E-state index in [0.29, 0.717) is 11.7 Å². The minimum Gasteiger partial charge on any atom is -0.326 e. The number of hydrogen-bond acceptors (Lipinski definition) is 4. The molecule has 1 aliphatic heterocycles. The molecule has 0 atom stereocenters. The first-order valence-electron chi connectivity index (χ1n) is 6.06. The maximum atomic E-state index is 11.9. The lowest BCUT2D eigenvalue weighted by molar-refractivity contribution is 0.229. The standard InChI is InChI=1S/C13H15N5OS/c1-17-7-8-18(13(17)19)11-5-3-10(4-6-11)16-12(20-2)15-9-14/h3-6H,7-8H2,1-2H3,(H,15,16). The number of benzene rings is 1. The Balaban J connectivity index is 2.15. The molecule has 0 saturated carbocycles. The van der Waals surface area contributed by atoms with Crippen molar-refractivity contribution in [3.63, 3.8) is 0 Å². The molecule has 0 aromatic heterocycles. The summed E-state index contributed by atoms with van der Waals surface area (Å²) in [6, 6.07) is 7.39. The van der Waals surface area contributed by atoms with Gasteiger partial charge in [0, 0.05) is 25.8 Å². The molecule has 1 aromatic carbocycles.